The molecule has 2 aliphatic heterocycles. The predicted octanol–water partition coefficient (Wildman–Crippen LogP) is 2.45. The van der Waals surface area contributed by atoms with Gasteiger partial charge in [-0.05, 0) is 58.6 Å². The molecule has 2 amide bonds. The molecular weight excluding hydrogens is 342 g/mol. The fraction of sp³-hybridized carbons (Fsp3) is 0.714. The van der Waals surface area contributed by atoms with E-state index in [1.54, 1.807) is 0 Å². The number of hydrogen-bond donors (Lipinski definition) is 0. The van der Waals surface area contributed by atoms with Gasteiger partial charge in [0.2, 0.25) is 5.91 Å². The Balaban J connectivity index is 1.50. The number of nitrogens with zero attached hydrogens (tertiary/aromatic N) is 3. The molecule has 3 aliphatic rings. The summed E-state index contributed by atoms with van der Waals surface area (Å²) in [6.07, 6.45) is 4.88. The number of carbonyl (C=O) groups is 2. The van der Waals surface area contributed by atoms with Crippen LogP contribution in [0.15, 0.2) is 10.5 Å². The highest BCUT2D eigenvalue weighted by molar-refractivity contribution is 5.95. The minimum atomic E-state index is -0.103. The summed E-state index contributed by atoms with van der Waals surface area (Å²) in [5.41, 5.74) is 0.571. The van der Waals surface area contributed by atoms with E-state index in [2.05, 4.69) is 16.8 Å². The molecule has 1 aliphatic carbocycles. The third-order valence-corrected chi connectivity index (χ3v) is 6.74. The summed E-state index contributed by atoms with van der Waals surface area (Å²) >= 11 is 0. The SMILES string of the molecule is Cc1cc(C(=O)N2CCN(C)[C@@]3(CCC(=O)N(CC4CC4)CC3)C2)c(C)o1. The number of furan rings is 1. The van der Waals surface area contributed by atoms with E-state index in [0.29, 0.717) is 24.3 Å². The molecule has 2 saturated heterocycles. The lowest BCUT2D eigenvalue weighted by atomic mass is 9.86. The van der Waals surface area contributed by atoms with Gasteiger partial charge in [0.1, 0.15) is 11.5 Å². The Morgan fingerprint density at radius 2 is 2.00 bits per heavy atom. The van der Waals surface area contributed by atoms with Crippen LogP contribution in [0, 0.1) is 19.8 Å². The van der Waals surface area contributed by atoms with Gasteiger partial charge in [0, 0.05) is 44.7 Å². The standard InChI is InChI=1S/C21H31N3O3/c1-15-12-18(16(2)27-15)20(26)24-11-10-22(3)21(14-24)7-6-19(25)23(9-8-21)13-17-4-5-17/h12,17H,4-11,13-14H2,1-3H3/t21-/m1/s1. The van der Waals surface area contributed by atoms with Gasteiger partial charge in [0.05, 0.1) is 5.56 Å². The van der Waals surface area contributed by atoms with Gasteiger partial charge in [-0.15, -0.1) is 0 Å². The van der Waals surface area contributed by atoms with Crippen molar-refractivity contribution in [2.75, 3.05) is 39.8 Å². The lowest BCUT2D eigenvalue weighted by Crippen LogP contribution is -2.62. The van der Waals surface area contributed by atoms with Crippen molar-refractivity contribution in [1.82, 2.24) is 14.7 Å². The molecule has 27 heavy (non-hydrogen) atoms. The van der Waals surface area contributed by atoms with Gasteiger partial charge < -0.3 is 14.2 Å². The highest BCUT2D eigenvalue weighted by Gasteiger charge is 2.44. The normalized spacial score (nSPS) is 27.3. The van der Waals surface area contributed by atoms with E-state index in [1.165, 1.54) is 12.8 Å². The highest BCUT2D eigenvalue weighted by atomic mass is 16.3. The number of amides is 2. The second-order valence-electron chi connectivity index (χ2n) is 8.73. The van der Waals surface area contributed by atoms with Crippen molar-refractivity contribution < 1.29 is 14.0 Å². The maximum Gasteiger partial charge on any atom is 0.257 e. The zero-order valence-electron chi connectivity index (χ0n) is 16.8. The molecule has 148 valence electrons. The van der Waals surface area contributed by atoms with Crippen LogP contribution in [0.1, 0.15) is 54.0 Å². The van der Waals surface area contributed by atoms with Crippen LogP contribution in [-0.2, 0) is 4.79 Å². The van der Waals surface area contributed by atoms with E-state index in [9.17, 15) is 9.59 Å². The summed E-state index contributed by atoms with van der Waals surface area (Å²) in [7, 11) is 2.15. The van der Waals surface area contributed by atoms with E-state index in [-0.39, 0.29) is 17.4 Å². The molecule has 3 fully saturated rings. The molecule has 1 saturated carbocycles. The smallest absolute Gasteiger partial charge is 0.257 e. The van der Waals surface area contributed by atoms with E-state index in [0.717, 1.165) is 50.7 Å². The Bertz CT molecular complexity index is 739. The van der Waals surface area contributed by atoms with E-state index >= 15 is 0 Å². The third kappa shape index (κ3) is 3.64. The van der Waals surface area contributed by atoms with Crippen LogP contribution in [0.25, 0.3) is 0 Å². The van der Waals surface area contributed by atoms with Crippen molar-refractivity contribution in [3.8, 4) is 0 Å². The van der Waals surface area contributed by atoms with E-state index < -0.39 is 0 Å². The second kappa shape index (κ2) is 6.97. The van der Waals surface area contributed by atoms with Crippen molar-refractivity contribution in [3.63, 3.8) is 0 Å². The lowest BCUT2D eigenvalue weighted by molar-refractivity contribution is -0.130. The fourth-order valence-electron chi connectivity index (χ4n) is 4.69. The molecule has 1 atom stereocenters. The molecule has 3 heterocycles. The van der Waals surface area contributed by atoms with Crippen molar-refractivity contribution in [1.29, 1.82) is 0 Å². The minimum absolute atomic E-state index is 0.0576. The van der Waals surface area contributed by atoms with Gasteiger partial charge in [0.25, 0.3) is 5.91 Å². The predicted molar refractivity (Wildman–Crippen MR) is 103 cm³/mol. The van der Waals surface area contributed by atoms with Crippen molar-refractivity contribution in [2.24, 2.45) is 5.92 Å². The van der Waals surface area contributed by atoms with Gasteiger partial charge >= 0.3 is 0 Å². The van der Waals surface area contributed by atoms with Crippen LogP contribution < -0.4 is 0 Å². The minimum Gasteiger partial charge on any atom is -0.466 e. The molecule has 0 aromatic carbocycles. The quantitative estimate of drug-likeness (QED) is 0.817. The van der Waals surface area contributed by atoms with Crippen LogP contribution >= 0.6 is 0 Å². The first-order valence-corrected chi connectivity index (χ1v) is 10.2. The largest absolute Gasteiger partial charge is 0.466 e. The first-order valence-electron chi connectivity index (χ1n) is 10.2. The first kappa shape index (κ1) is 18.5. The average molecular weight is 373 g/mol. The van der Waals surface area contributed by atoms with Crippen LogP contribution in [0.3, 0.4) is 0 Å². The summed E-state index contributed by atoms with van der Waals surface area (Å²) in [5, 5.41) is 0. The summed E-state index contributed by atoms with van der Waals surface area (Å²) < 4.78 is 5.57. The highest BCUT2D eigenvalue weighted by Crippen LogP contribution is 2.35. The molecule has 1 aromatic rings. The molecule has 6 heteroatoms. The molecular formula is C21H31N3O3. The van der Waals surface area contributed by atoms with Crippen LogP contribution in [0.2, 0.25) is 0 Å². The lowest BCUT2D eigenvalue weighted by Gasteiger charge is -2.49. The van der Waals surface area contributed by atoms with Crippen LogP contribution in [0.4, 0.5) is 0 Å². The second-order valence-corrected chi connectivity index (χ2v) is 8.73. The number of likely N-dealkylation sites (N-methyl/N-ethyl adjacent to an activating group) is 1. The Hall–Kier alpha value is -1.82. The van der Waals surface area contributed by atoms with E-state index in [4.69, 9.17) is 4.42 Å². The summed E-state index contributed by atoms with van der Waals surface area (Å²) in [6.45, 7) is 7.72. The van der Waals surface area contributed by atoms with Gasteiger partial charge in [-0.1, -0.05) is 0 Å². The van der Waals surface area contributed by atoms with Crippen molar-refractivity contribution in [2.45, 2.75) is 51.5 Å². The Morgan fingerprint density at radius 3 is 2.67 bits per heavy atom. The molecule has 0 radical (unpaired) electrons. The Morgan fingerprint density at radius 1 is 1.22 bits per heavy atom. The molecule has 0 bridgehead atoms. The number of likely N-dealkylation sites (tertiary alicyclic amines) is 1. The number of hydrogen-bond acceptors (Lipinski definition) is 4. The maximum atomic E-state index is 13.1. The number of carbonyl (C=O) groups excluding carboxylic acids is 2. The molecule has 4 rings (SSSR count). The average Bonchev–Trinajstić information content (AvgIpc) is 3.41. The monoisotopic (exact) mass is 373 g/mol. The molecule has 1 aromatic heterocycles. The van der Waals surface area contributed by atoms with Crippen molar-refractivity contribution in [3.05, 3.63) is 23.2 Å². The first-order chi connectivity index (χ1) is 12.9. The zero-order valence-corrected chi connectivity index (χ0v) is 16.8. The summed E-state index contributed by atoms with van der Waals surface area (Å²) in [5.74, 6) is 2.53. The Labute approximate surface area is 161 Å². The van der Waals surface area contributed by atoms with Gasteiger partial charge in [-0.3, -0.25) is 14.5 Å². The third-order valence-electron chi connectivity index (χ3n) is 6.74. The fourth-order valence-corrected chi connectivity index (χ4v) is 4.69. The Kier molecular flexibility index (Phi) is 4.78. The number of rotatable bonds is 3. The topological polar surface area (TPSA) is 57.0 Å². The summed E-state index contributed by atoms with van der Waals surface area (Å²) in [6, 6.07) is 1.84. The van der Waals surface area contributed by atoms with Gasteiger partial charge in [-0.2, -0.15) is 0 Å². The van der Waals surface area contributed by atoms with Crippen LogP contribution in [0.5, 0.6) is 0 Å². The molecule has 0 unspecified atom stereocenters. The zero-order chi connectivity index (χ0) is 19.2. The van der Waals surface area contributed by atoms with E-state index in [1.807, 2.05) is 24.8 Å². The molecule has 0 N–H and O–H groups in total. The van der Waals surface area contributed by atoms with Gasteiger partial charge in [-0.25, -0.2) is 0 Å². The summed E-state index contributed by atoms with van der Waals surface area (Å²) in [4.78, 5) is 32.1. The van der Waals surface area contributed by atoms with Crippen LogP contribution in [-0.4, -0.2) is 71.8 Å². The molecule has 6 nitrogen and oxygen atoms in total. The number of piperazine rings is 1. The van der Waals surface area contributed by atoms with Crippen molar-refractivity contribution >= 4 is 11.8 Å². The maximum absolute atomic E-state index is 13.1. The molecule has 1 spiro atoms. The number of aryl methyl sites for hydroxylation is 2. The van der Waals surface area contributed by atoms with Gasteiger partial charge in [0.15, 0.2) is 0 Å².